The largest absolute Gasteiger partial charge is 0.345 e. The van der Waals surface area contributed by atoms with Crippen molar-refractivity contribution in [3.8, 4) is 0 Å². The third-order valence-corrected chi connectivity index (χ3v) is 6.68. The number of para-hydroxylation sites is 1. The first kappa shape index (κ1) is 23.4. The number of carbonyl (C=O) groups excluding carboxylic acids is 2. The minimum atomic E-state index is -4.08. The first-order chi connectivity index (χ1) is 14.2. The molecule has 0 heterocycles. The number of halogens is 1. The molecule has 0 unspecified atom stereocenters. The number of carbonyl (C=O) groups is 2. The Balaban J connectivity index is 2.36. The molecule has 1 N–H and O–H groups in total. The Kier molecular flexibility index (Phi) is 8.02. The number of sulfonamides is 1. The van der Waals surface area contributed by atoms with Crippen LogP contribution in [0.4, 0.5) is 5.69 Å². The molecule has 0 aliphatic carbocycles. The van der Waals surface area contributed by atoms with E-state index in [1.54, 1.807) is 37.4 Å². The van der Waals surface area contributed by atoms with Gasteiger partial charge in [0, 0.05) is 19.2 Å². The smallest absolute Gasteiger partial charge is 0.266 e. The molecular formula is C21H24ClN3O4S. The van der Waals surface area contributed by atoms with Gasteiger partial charge >= 0.3 is 0 Å². The second-order valence-electron chi connectivity index (χ2n) is 6.40. The molecule has 0 fully saturated rings. The summed E-state index contributed by atoms with van der Waals surface area (Å²) in [6, 6.07) is 12.5. The van der Waals surface area contributed by atoms with Gasteiger partial charge in [0.1, 0.15) is 4.90 Å². The molecule has 9 heteroatoms. The molecule has 2 rings (SSSR count). The van der Waals surface area contributed by atoms with Crippen molar-refractivity contribution >= 4 is 39.1 Å². The van der Waals surface area contributed by atoms with Gasteiger partial charge < -0.3 is 10.2 Å². The Morgan fingerprint density at radius 1 is 1.17 bits per heavy atom. The molecule has 0 aliphatic heterocycles. The minimum Gasteiger partial charge on any atom is -0.345 e. The Bertz CT molecular complexity index is 1030. The lowest BCUT2D eigenvalue weighted by atomic mass is 10.2. The maximum absolute atomic E-state index is 13.3. The molecule has 0 aromatic heterocycles. The zero-order chi connectivity index (χ0) is 22.3. The van der Waals surface area contributed by atoms with Crippen molar-refractivity contribution in [2.24, 2.45) is 0 Å². The third kappa shape index (κ3) is 5.40. The maximum atomic E-state index is 13.3. The van der Waals surface area contributed by atoms with E-state index in [0.717, 1.165) is 4.31 Å². The number of likely N-dealkylation sites (N-methyl/N-ethyl adjacent to an activating group) is 1. The van der Waals surface area contributed by atoms with Gasteiger partial charge in [-0.1, -0.05) is 35.9 Å². The highest BCUT2D eigenvalue weighted by atomic mass is 35.5. The maximum Gasteiger partial charge on any atom is 0.266 e. The Hall–Kier alpha value is -2.84. The predicted molar refractivity (Wildman–Crippen MR) is 118 cm³/mol. The Morgan fingerprint density at radius 3 is 2.43 bits per heavy atom. The number of anilines is 1. The predicted octanol–water partition coefficient (Wildman–Crippen LogP) is 2.93. The van der Waals surface area contributed by atoms with Gasteiger partial charge in [-0.25, -0.2) is 8.42 Å². The van der Waals surface area contributed by atoms with Crippen LogP contribution in [0.25, 0.3) is 0 Å². The van der Waals surface area contributed by atoms with Crippen LogP contribution in [-0.2, 0) is 14.8 Å². The normalized spacial score (nSPS) is 10.9. The van der Waals surface area contributed by atoms with Crippen LogP contribution in [0.3, 0.4) is 0 Å². The molecule has 160 valence electrons. The van der Waals surface area contributed by atoms with Crippen molar-refractivity contribution in [3.05, 3.63) is 71.8 Å². The van der Waals surface area contributed by atoms with Crippen LogP contribution in [0.15, 0.2) is 66.1 Å². The van der Waals surface area contributed by atoms with Crippen LogP contribution in [0.5, 0.6) is 0 Å². The summed E-state index contributed by atoms with van der Waals surface area (Å²) >= 11 is 6.18. The first-order valence-corrected chi connectivity index (χ1v) is 11.0. The van der Waals surface area contributed by atoms with Gasteiger partial charge in [-0.2, -0.15) is 0 Å². The Labute approximate surface area is 182 Å². The second kappa shape index (κ2) is 10.3. The number of amides is 2. The molecule has 7 nitrogen and oxygen atoms in total. The molecule has 0 radical (unpaired) electrons. The molecule has 0 saturated heterocycles. The average molecular weight is 450 g/mol. The van der Waals surface area contributed by atoms with Crippen LogP contribution in [-0.4, -0.2) is 51.8 Å². The van der Waals surface area contributed by atoms with Crippen LogP contribution >= 0.6 is 11.6 Å². The minimum absolute atomic E-state index is 0.0154. The summed E-state index contributed by atoms with van der Waals surface area (Å²) in [5, 5.41) is 2.48. The summed E-state index contributed by atoms with van der Waals surface area (Å²) in [5.41, 5.74) is 0.521. The highest BCUT2D eigenvalue weighted by Gasteiger charge is 2.27. The van der Waals surface area contributed by atoms with Crippen LogP contribution in [0.2, 0.25) is 5.02 Å². The molecular weight excluding hydrogens is 426 g/mol. The number of nitrogens with one attached hydrogen (secondary N) is 1. The zero-order valence-electron chi connectivity index (χ0n) is 16.8. The van der Waals surface area contributed by atoms with Crippen LogP contribution in [0, 0.1) is 0 Å². The number of hydrogen-bond acceptors (Lipinski definition) is 4. The van der Waals surface area contributed by atoms with Crippen molar-refractivity contribution in [1.82, 2.24) is 10.2 Å². The van der Waals surface area contributed by atoms with E-state index in [-0.39, 0.29) is 34.5 Å². The summed E-state index contributed by atoms with van der Waals surface area (Å²) in [4.78, 5) is 25.6. The highest BCUT2D eigenvalue weighted by molar-refractivity contribution is 7.93. The van der Waals surface area contributed by atoms with E-state index in [9.17, 15) is 18.0 Å². The van der Waals surface area contributed by atoms with E-state index < -0.39 is 15.9 Å². The highest BCUT2D eigenvalue weighted by Crippen LogP contribution is 2.29. The summed E-state index contributed by atoms with van der Waals surface area (Å²) in [6.07, 6.45) is 1.46. The van der Waals surface area contributed by atoms with Gasteiger partial charge in [0.25, 0.3) is 15.9 Å². The molecule has 0 aliphatic rings. The SMILES string of the molecule is C=CCN(c1ccccc1)S(=O)(=O)c1cc(C(=O)NCC(=O)N(C)CC)ccc1Cl. The van der Waals surface area contributed by atoms with Crippen molar-refractivity contribution in [2.45, 2.75) is 11.8 Å². The van der Waals surface area contributed by atoms with Gasteiger partial charge in [-0.3, -0.25) is 13.9 Å². The molecule has 2 amide bonds. The summed E-state index contributed by atoms with van der Waals surface area (Å²) < 4.78 is 27.8. The van der Waals surface area contributed by atoms with Crippen molar-refractivity contribution in [2.75, 3.05) is 31.0 Å². The molecule has 0 bridgehead atoms. The van der Waals surface area contributed by atoms with E-state index >= 15 is 0 Å². The van der Waals surface area contributed by atoms with Crippen LogP contribution < -0.4 is 9.62 Å². The van der Waals surface area contributed by atoms with Crippen LogP contribution in [0.1, 0.15) is 17.3 Å². The third-order valence-electron chi connectivity index (χ3n) is 4.40. The van der Waals surface area contributed by atoms with Crippen molar-refractivity contribution < 1.29 is 18.0 Å². The number of hydrogen-bond donors (Lipinski definition) is 1. The van der Waals surface area contributed by atoms with Gasteiger partial charge in [0.15, 0.2) is 0 Å². The fraction of sp³-hybridized carbons (Fsp3) is 0.238. The molecule has 30 heavy (non-hydrogen) atoms. The molecule has 0 atom stereocenters. The van der Waals surface area contributed by atoms with Crippen molar-refractivity contribution in [1.29, 1.82) is 0 Å². The van der Waals surface area contributed by atoms with E-state index in [1.807, 2.05) is 6.92 Å². The van der Waals surface area contributed by atoms with Gasteiger partial charge in [0.05, 0.1) is 23.8 Å². The Morgan fingerprint density at radius 2 is 1.83 bits per heavy atom. The number of rotatable bonds is 9. The van der Waals surface area contributed by atoms with Crippen molar-refractivity contribution in [3.63, 3.8) is 0 Å². The lowest BCUT2D eigenvalue weighted by molar-refractivity contribution is -0.128. The van der Waals surface area contributed by atoms with Gasteiger partial charge in [-0.05, 0) is 37.3 Å². The van der Waals surface area contributed by atoms with E-state index in [4.69, 9.17) is 11.6 Å². The monoisotopic (exact) mass is 449 g/mol. The standard InChI is InChI=1S/C21H24ClN3O4S/c1-4-13-25(17-9-7-6-8-10-17)30(28,29)19-14-16(11-12-18(19)22)21(27)23-15-20(26)24(3)5-2/h4,6-12,14H,1,5,13,15H2,2-3H3,(H,23,27). The first-order valence-electron chi connectivity index (χ1n) is 9.22. The summed E-state index contributed by atoms with van der Waals surface area (Å²) in [5.74, 6) is -0.829. The quantitative estimate of drug-likeness (QED) is 0.596. The molecule has 0 saturated carbocycles. The fourth-order valence-electron chi connectivity index (χ4n) is 2.58. The van der Waals surface area contributed by atoms with Gasteiger partial charge in [-0.15, -0.1) is 6.58 Å². The summed E-state index contributed by atoms with van der Waals surface area (Å²) in [6.45, 7) is 5.78. The average Bonchev–Trinajstić information content (AvgIpc) is 2.75. The number of nitrogens with zero attached hydrogens (tertiary/aromatic N) is 2. The lowest BCUT2D eigenvalue weighted by Gasteiger charge is -2.24. The van der Waals surface area contributed by atoms with E-state index in [2.05, 4.69) is 11.9 Å². The fourth-order valence-corrected chi connectivity index (χ4v) is 4.52. The zero-order valence-corrected chi connectivity index (χ0v) is 18.4. The summed E-state index contributed by atoms with van der Waals surface area (Å²) in [7, 11) is -2.45. The van der Waals surface area contributed by atoms with E-state index in [0.29, 0.717) is 12.2 Å². The molecule has 2 aromatic carbocycles. The van der Waals surface area contributed by atoms with Gasteiger partial charge in [0.2, 0.25) is 5.91 Å². The molecule has 2 aromatic rings. The number of benzene rings is 2. The topological polar surface area (TPSA) is 86.8 Å². The second-order valence-corrected chi connectivity index (χ2v) is 8.63. The molecule has 0 spiro atoms. The van der Waals surface area contributed by atoms with E-state index in [1.165, 1.54) is 29.2 Å². The lowest BCUT2D eigenvalue weighted by Crippen LogP contribution is -2.38.